The number of aliphatic hydroxyl groups excluding tert-OH is 1. The summed E-state index contributed by atoms with van der Waals surface area (Å²) in [5.74, 6) is -2.55. The Kier molecular flexibility index (Phi) is 4.70. The molecule has 30 heavy (non-hydrogen) atoms. The predicted octanol–water partition coefficient (Wildman–Crippen LogP) is 2.19. The molecule has 2 amide bonds. The van der Waals surface area contributed by atoms with E-state index in [-0.39, 0.29) is 24.5 Å². The second-order valence-corrected chi connectivity index (χ2v) is 7.46. The normalized spacial score (nSPS) is 22.3. The molecule has 0 radical (unpaired) electrons. The number of likely N-dealkylation sites (tertiary alicyclic amines) is 1. The molecule has 0 bridgehead atoms. The van der Waals surface area contributed by atoms with Crippen LogP contribution in [0.1, 0.15) is 16.7 Å². The van der Waals surface area contributed by atoms with Crippen LogP contribution in [0.3, 0.4) is 0 Å². The Morgan fingerprint density at radius 2 is 1.73 bits per heavy atom. The zero-order chi connectivity index (χ0) is 21.6. The molecule has 2 aromatic carbocycles. The summed E-state index contributed by atoms with van der Waals surface area (Å²) in [6, 6.07) is 13.9. The fourth-order valence-corrected chi connectivity index (χ4v) is 4.31. The van der Waals surface area contributed by atoms with Crippen molar-refractivity contribution in [1.29, 1.82) is 0 Å². The number of benzene rings is 2. The van der Waals surface area contributed by atoms with Crippen LogP contribution in [0, 0.1) is 6.92 Å². The Labute approximate surface area is 174 Å². The van der Waals surface area contributed by atoms with Crippen molar-refractivity contribution in [2.24, 2.45) is 0 Å². The van der Waals surface area contributed by atoms with Crippen LogP contribution in [0.25, 0.3) is 5.76 Å². The van der Waals surface area contributed by atoms with Gasteiger partial charge in [-0.15, -0.1) is 0 Å². The molecule has 7 heteroatoms. The van der Waals surface area contributed by atoms with E-state index in [4.69, 9.17) is 4.74 Å². The molecule has 1 spiro atoms. The van der Waals surface area contributed by atoms with Crippen molar-refractivity contribution in [3.05, 3.63) is 70.8 Å². The Morgan fingerprint density at radius 3 is 2.40 bits per heavy atom. The summed E-state index contributed by atoms with van der Waals surface area (Å²) in [7, 11) is 3.07. The first-order valence-electron chi connectivity index (χ1n) is 9.59. The second kappa shape index (κ2) is 7.11. The Morgan fingerprint density at radius 1 is 1.07 bits per heavy atom. The van der Waals surface area contributed by atoms with Crippen LogP contribution < -0.4 is 4.90 Å². The number of amides is 2. The zero-order valence-electron chi connectivity index (χ0n) is 17.0. The minimum Gasteiger partial charge on any atom is -0.507 e. The van der Waals surface area contributed by atoms with E-state index >= 15 is 0 Å². The first kappa shape index (κ1) is 19.8. The van der Waals surface area contributed by atoms with Crippen molar-refractivity contribution in [3.63, 3.8) is 0 Å². The molecule has 154 valence electrons. The van der Waals surface area contributed by atoms with Crippen LogP contribution in [0.15, 0.2) is 54.1 Å². The van der Waals surface area contributed by atoms with Gasteiger partial charge in [0.05, 0.1) is 12.2 Å². The zero-order valence-corrected chi connectivity index (χ0v) is 17.0. The highest BCUT2D eigenvalue weighted by molar-refractivity contribution is 6.50. The number of aliphatic hydroxyl groups is 1. The molecule has 1 N–H and O–H groups in total. The summed E-state index contributed by atoms with van der Waals surface area (Å²) in [6.07, 6.45) is 0. The number of hydrogen-bond acceptors (Lipinski definition) is 5. The van der Waals surface area contributed by atoms with E-state index < -0.39 is 23.1 Å². The number of carbonyl (C=O) groups excluding carboxylic acids is 3. The number of fused-ring (bicyclic) bond motifs is 2. The number of carbonyl (C=O) groups is 3. The lowest BCUT2D eigenvalue weighted by atomic mass is 9.82. The molecule has 2 aliphatic heterocycles. The maximum Gasteiger partial charge on any atom is 0.296 e. The molecule has 2 aliphatic rings. The van der Waals surface area contributed by atoms with Gasteiger partial charge < -0.3 is 19.6 Å². The monoisotopic (exact) mass is 406 g/mol. The third kappa shape index (κ3) is 2.52. The molecule has 1 fully saturated rings. The van der Waals surface area contributed by atoms with Crippen molar-refractivity contribution in [1.82, 2.24) is 4.90 Å². The fraction of sp³-hybridized carbons (Fsp3) is 0.261. The van der Waals surface area contributed by atoms with Gasteiger partial charge in [0.2, 0.25) is 0 Å². The van der Waals surface area contributed by atoms with E-state index in [1.165, 1.54) is 16.9 Å². The van der Waals surface area contributed by atoms with Gasteiger partial charge in [-0.3, -0.25) is 14.4 Å². The molecule has 0 aromatic heterocycles. The van der Waals surface area contributed by atoms with Crippen LogP contribution in [0.2, 0.25) is 0 Å². The first-order valence-corrected chi connectivity index (χ1v) is 9.59. The van der Waals surface area contributed by atoms with Gasteiger partial charge in [0.1, 0.15) is 5.76 Å². The number of likely N-dealkylation sites (N-methyl/N-ethyl adjacent to an activating group) is 1. The maximum atomic E-state index is 13.6. The summed E-state index contributed by atoms with van der Waals surface area (Å²) in [5, 5.41) is 11.2. The molecule has 0 saturated carbocycles. The van der Waals surface area contributed by atoms with Gasteiger partial charge in [0.15, 0.2) is 5.54 Å². The molecule has 1 atom stereocenters. The van der Waals surface area contributed by atoms with Crippen LogP contribution >= 0.6 is 0 Å². The third-order valence-electron chi connectivity index (χ3n) is 5.78. The van der Waals surface area contributed by atoms with E-state index in [2.05, 4.69) is 0 Å². The van der Waals surface area contributed by atoms with Gasteiger partial charge in [-0.05, 0) is 13.0 Å². The van der Waals surface area contributed by atoms with Gasteiger partial charge in [0, 0.05) is 37.5 Å². The SMILES string of the molecule is COCCN1C(=O)C(=O)/C(=C(/O)c2ccc(C)cc2)C12C(=O)N(C)c1ccccc12. The van der Waals surface area contributed by atoms with Crippen molar-refractivity contribution in [2.45, 2.75) is 12.5 Å². The minimum absolute atomic E-state index is 0.0274. The summed E-state index contributed by atoms with van der Waals surface area (Å²) in [5.41, 5.74) is 0.471. The quantitative estimate of drug-likeness (QED) is 0.478. The van der Waals surface area contributed by atoms with E-state index in [0.717, 1.165) is 5.56 Å². The molecule has 7 nitrogen and oxygen atoms in total. The largest absolute Gasteiger partial charge is 0.507 e. The Balaban J connectivity index is 2.05. The lowest BCUT2D eigenvalue weighted by Crippen LogP contribution is -2.52. The summed E-state index contributed by atoms with van der Waals surface area (Å²) >= 11 is 0. The number of aryl methyl sites for hydroxylation is 1. The molecular weight excluding hydrogens is 384 g/mol. The average molecular weight is 406 g/mol. The second-order valence-electron chi connectivity index (χ2n) is 7.46. The lowest BCUT2D eigenvalue weighted by molar-refractivity contribution is -0.144. The first-order chi connectivity index (χ1) is 14.4. The van der Waals surface area contributed by atoms with Crippen molar-refractivity contribution < 1.29 is 24.2 Å². The number of nitrogens with zero attached hydrogens (tertiary/aromatic N) is 2. The molecule has 1 saturated heterocycles. The number of ketones is 1. The average Bonchev–Trinajstić information content (AvgIpc) is 3.11. The van der Waals surface area contributed by atoms with E-state index in [1.54, 1.807) is 55.6 Å². The number of ether oxygens (including phenoxy) is 1. The Hall–Kier alpha value is -3.45. The van der Waals surface area contributed by atoms with Crippen LogP contribution in [0.5, 0.6) is 0 Å². The predicted molar refractivity (Wildman–Crippen MR) is 111 cm³/mol. The van der Waals surface area contributed by atoms with Gasteiger partial charge >= 0.3 is 0 Å². The third-order valence-corrected chi connectivity index (χ3v) is 5.78. The van der Waals surface area contributed by atoms with E-state index in [9.17, 15) is 19.5 Å². The van der Waals surface area contributed by atoms with Gasteiger partial charge in [-0.25, -0.2) is 0 Å². The number of anilines is 1. The molecule has 1 unspecified atom stereocenters. The summed E-state index contributed by atoms with van der Waals surface area (Å²) in [4.78, 5) is 42.5. The highest BCUT2D eigenvalue weighted by atomic mass is 16.5. The van der Waals surface area contributed by atoms with Gasteiger partial charge in [-0.2, -0.15) is 0 Å². The number of methoxy groups -OCH3 is 1. The standard InChI is InChI=1S/C23H22N2O5/c1-14-8-10-15(11-9-14)19(26)18-20(27)21(28)25(12-13-30-3)23(18)16-6-4-5-7-17(16)24(2)22(23)29/h4-11,26H,12-13H2,1-3H3/b19-18-. The fourth-order valence-electron chi connectivity index (χ4n) is 4.31. The molecule has 0 aliphatic carbocycles. The van der Waals surface area contributed by atoms with Crippen molar-refractivity contribution in [2.75, 3.05) is 32.2 Å². The smallest absolute Gasteiger partial charge is 0.296 e. The van der Waals surface area contributed by atoms with Gasteiger partial charge in [-0.1, -0.05) is 48.0 Å². The number of hydrogen-bond donors (Lipinski definition) is 1. The molecular formula is C23H22N2O5. The topological polar surface area (TPSA) is 87.1 Å². The van der Waals surface area contributed by atoms with E-state index in [0.29, 0.717) is 16.8 Å². The highest BCUT2D eigenvalue weighted by Crippen LogP contribution is 2.53. The lowest BCUT2D eigenvalue weighted by Gasteiger charge is -2.34. The minimum atomic E-state index is -1.73. The van der Waals surface area contributed by atoms with Crippen LogP contribution in [-0.4, -0.2) is 54.9 Å². The summed E-state index contributed by atoms with van der Waals surface area (Å²) in [6.45, 7) is 2.07. The summed E-state index contributed by atoms with van der Waals surface area (Å²) < 4.78 is 5.13. The van der Waals surface area contributed by atoms with Crippen molar-refractivity contribution >= 4 is 29.0 Å². The Bertz CT molecular complexity index is 1090. The highest BCUT2D eigenvalue weighted by Gasteiger charge is 2.66. The van der Waals surface area contributed by atoms with Crippen LogP contribution in [-0.2, 0) is 24.7 Å². The van der Waals surface area contributed by atoms with Crippen LogP contribution in [0.4, 0.5) is 5.69 Å². The molecule has 2 aromatic rings. The van der Waals surface area contributed by atoms with Gasteiger partial charge in [0.25, 0.3) is 17.6 Å². The number of para-hydroxylation sites is 1. The maximum absolute atomic E-state index is 13.6. The number of Topliss-reactive ketones (excluding diaryl/α,β-unsaturated/α-hetero) is 1. The molecule has 2 heterocycles. The molecule has 4 rings (SSSR count). The van der Waals surface area contributed by atoms with E-state index in [1.807, 2.05) is 6.92 Å². The number of rotatable bonds is 4. The van der Waals surface area contributed by atoms with Crippen molar-refractivity contribution in [3.8, 4) is 0 Å².